The van der Waals surface area contributed by atoms with E-state index in [0.29, 0.717) is 30.4 Å². The standard InChI is InChI=1S/C16H20N6O/c1-4-19-16-20-10(3)12-6-13(11-7-17-9-18-8-11)15(23)22(5-2)14(12)21-16/h6-8,17H,4-5,9H2,1-3H3,(H,19,20,21). The van der Waals surface area contributed by atoms with Crippen LogP contribution in [0.15, 0.2) is 22.1 Å². The van der Waals surface area contributed by atoms with Gasteiger partial charge in [0, 0.05) is 36.5 Å². The molecule has 7 heteroatoms. The Labute approximate surface area is 134 Å². The number of aliphatic imine (C=N–C) groups is 1. The summed E-state index contributed by atoms with van der Waals surface area (Å²) in [7, 11) is 0. The molecule has 0 radical (unpaired) electrons. The molecule has 0 bridgehead atoms. The lowest BCUT2D eigenvalue weighted by Gasteiger charge is -2.14. The molecular weight excluding hydrogens is 292 g/mol. The number of hydrogen-bond acceptors (Lipinski definition) is 6. The van der Waals surface area contributed by atoms with Gasteiger partial charge in [-0.15, -0.1) is 0 Å². The molecule has 0 saturated heterocycles. The summed E-state index contributed by atoms with van der Waals surface area (Å²) in [5, 5.41) is 7.02. The van der Waals surface area contributed by atoms with Crippen molar-refractivity contribution in [1.29, 1.82) is 0 Å². The Morgan fingerprint density at radius 3 is 2.83 bits per heavy atom. The minimum absolute atomic E-state index is 0.0676. The Morgan fingerprint density at radius 1 is 1.35 bits per heavy atom. The van der Waals surface area contributed by atoms with E-state index in [4.69, 9.17) is 0 Å². The number of pyridine rings is 1. The second kappa shape index (κ2) is 6.20. The summed E-state index contributed by atoms with van der Waals surface area (Å²) in [5.41, 5.74) is 2.82. The van der Waals surface area contributed by atoms with Crippen LogP contribution < -0.4 is 16.2 Å². The molecule has 23 heavy (non-hydrogen) atoms. The number of allylic oxidation sites excluding steroid dienone is 1. The van der Waals surface area contributed by atoms with Gasteiger partial charge in [-0.05, 0) is 26.8 Å². The van der Waals surface area contributed by atoms with Crippen LogP contribution in [0.3, 0.4) is 0 Å². The molecule has 2 aromatic rings. The molecule has 0 saturated carbocycles. The van der Waals surface area contributed by atoms with Gasteiger partial charge in [-0.25, -0.2) is 4.98 Å². The predicted octanol–water partition coefficient (Wildman–Crippen LogP) is 1.52. The molecule has 3 heterocycles. The summed E-state index contributed by atoms with van der Waals surface area (Å²) in [6.45, 7) is 7.67. The monoisotopic (exact) mass is 312 g/mol. The maximum Gasteiger partial charge on any atom is 0.260 e. The van der Waals surface area contributed by atoms with Gasteiger partial charge in [0.15, 0.2) is 0 Å². The van der Waals surface area contributed by atoms with Crippen LogP contribution in [0.5, 0.6) is 0 Å². The molecule has 3 rings (SSSR count). The van der Waals surface area contributed by atoms with E-state index in [-0.39, 0.29) is 5.56 Å². The second-order valence-electron chi connectivity index (χ2n) is 5.28. The van der Waals surface area contributed by atoms with Crippen LogP contribution in [0.4, 0.5) is 5.95 Å². The second-order valence-corrected chi connectivity index (χ2v) is 5.28. The molecule has 7 nitrogen and oxygen atoms in total. The van der Waals surface area contributed by atoms with Crippen LogP contribution in [0.1, 0.15) is 25.1 Å². The summed E-state index contributed by atoms with van der Waals surface area (Å²) in [5.74, 6) is 0.548. The van der Waals surface area contributed by atoms with E-state index < -0.39 is 0 Å². The highest BCUT2D eigenvalue weighted by atomic mass is 16.1. The number of nitrogens with zero attached hydrogens (tertiary/aromatic N) is 4. The lowest BCUT2D eigenvalue weighted by Crippen LogP contribution is -2.26. The van der Waals surface area contributed by atoms with Crippen molar-refractivity contribution in [3.63, 3.8) is 0 Å². The zero-order valence-corrected chi connectivity index (χ0v) is 13.6. The first-order chi connectivity index (χ1) is 11.2. The van der Waals surface area contributed by atoms with Crippen LogP contribution in [0.25, 0.3) is 16.6 Å². The Kier molecular flexibility index (Phi) is 4.10. The van der Waals surface area contributed by atoms with Crippen molar-refractivity contribution in [2.24, 2.45) is 4.99 Å². The minimum atomic E-state index is -0.0676. The van der Waals surface area contributed by atoms with E-state index >= 15 is 0 Å². The first-order valence-electron chi connectivity index (χ1n) is 7.75. The molecule has 1 aliphatic heterocycles. The number of anilines is 1. The summed E-state index contributed by atoms with van der Waals surface area (Å²) < 4.78 is 1.68. The molecule has 0 aliphatic carbocycles. The van der Waals surface area contributed by atoms with Crippen molar-refractivity contribution in [3.8, 4) is 0 Å². The highest BCUT2D eigenvalue weighted by Gasteiger charge is 2.16. The third-order valence-electron chi connectivity index (χ3n) is 3.77. The van der Waals surface area contributed by atoms with E-state index in [1.807, 2.05) is 33.0 Å². The van der Waals surface area contributed by atoms with Gasteiger partial charge in [0.05, 0.1) is 11.3 Å². The Hall–Kier alpha value is -2.70. The van der Waals surface area contributed by atoms with Crippen molar-refractivity contribution in [2.45, 2.75) is 27.3 Å². The van der Waals surface area contributed by atoms with Gasteiger partial charge in [0.1, 0.15) is 12.3 Å². The number of nitrogens with one attached hydrogen (secondary N) is 2. The predicted molar refractivity (Wildman–Crippen MR) is 92.8 cm³/mol. The van der Waals surface area contributed by atoms with E-state index in [2.05, 4.69) is 25.6 Å². The number of rotatable bonds is 4. The molecule has 1 aliphatic rings. The fraction of sp³-hybridized carbons (Fsp3) is 0.375. The topological polar surface area (TPSA) is 84.2 Å². The van der Waals surface area contributed by atoms with Gasteiger partial charge in [0.2, 0.25) is 5.95 Å². The molecule has 2 aromatic heterocycles. The zero-order chi connectivity index (χ0) is 16.4. The van der Waals surface area contributed by atoms with Crippen molar-refractivity contribution in [1.82, 2.24) is 19.9 Å². The van der Waals surface area contributed by atoms with Crippen LogP contribution >= 0.6 is 0 Å². The third-order valence-corrected chi connectivity index (χ3v) is 3.77. The van der Waals surface area contributed by atoms with E-state index in [0.717, 1.165) is 23.2 Å². The van der Waals surface area contributed by atoms with Crippen molar-refractivity contribution in [3.05, 3.63) is 33.9 Å². The summed E-state index contributed by atoms with van der Waals surface area (Å²) >= 11 is 0. The molecule has 0 fully saturated rings. The smallest absolute Gasteiger partial charge is 0.260 e. The number of aryl methyl sites for hydroxylation is 2. The average Bonchev–Trinajstić information content (AvgIpc) is 2.56. The van der Waals surface area contributed by atoms with Crippen LogP contribution in [-0.4, -0.2) is 34.0 Å². The van der Waals surface area contributed by atoms with Crippen LogP contribution in [0.2, 0.25) is 0 Å². The fourth-order valence-electron chi connectivity index (χ4n) is 2.66. The molecular formula is C16H20N6O. The van der Waals surface area contributed by atoms with E-state index in [1.165, 1.54) is 0 Å². The van der Waals surface area contributed by atoms with Crippen molar-refractivity contribution < 1.29 is 0 Å². The number of fused-ring (bicyclic) bond motifs is 1. The van der Waals surface area contributed by atoms with Gasteiger partial charge < -0.3 is 10.6 Å². The third kappa shape index (κ3) is 2.69. The van der Waals surface area contributed by atoms with E-state index in [9.17, 15) is 4.79 Å². The number of aromatic nitrogens is 3. The first kappa shape index (κ1) is 15.2. The molecule has 0 spiro atoms. The molecule has 0 unspecified atom stereocenters. The van der Waals surface area contributed by atoms with E-state index in [1.54, 1.807) is 10.8 Å². The highest BCUT2D eigenvalue weighted by molar-refractivity contribution is 6.10. The number of hydrogen-bond donors (Lipinski definition) is 2. The Balaban J connectivity index is 2.30. The summed E-state index contributed by atoms with van der Waals surface area (Å²) in [6.07, 6.45) is 3.54. The van der Waals surface area contributed by atoms with Gasteiger partial charge in [-0.1, -0.05) is 0 Å². The first-order valence-corrected chi connectivity index (χ1v) is 7.75. The van der Waals surface area contributed by atoms with Crippen LogP contribution in [-0.2, 0) is 6.54 Å². The minimum Gasteiger partial charge on any atom is -0.372 e. The molecule has 0 aromatic carbocycles. The molecule has 0 amide bonds. The van der Waals surface area contributed by atoms with Gasteiger partial charge in [0.25, 0.3) is 5.56 Å². The maximum absolute atomic E-state index is 12.8. The fourth-order valence-corrected chi connectivity index (χ4v) is 2.66. The average molecular weight is 312 g/mol. The van der Waals surface area contributed by atoms with Crippen LogP contribution in [0, 0.1) is 6.92 Å². The lowest BCUT2D eigenvalue weighted by molar-refractivity contribution is 0.745. The molecule has 120 valence electrons. The summed E-state index contributed by atoms with van der Waals surface area (Å²) in [6, 6.07) is 1.86. The van der Waals surface area contributed by atoms with Gasteiger partial charge >= 0.3 is 0 Å². The normalized spacial score (nSPS) is 13.8. The maximum atomic E-state index is 12.8. The van der Waals surface area contributed by atoms with Crippen molar-refractivity contribution in [2.75, 3.05) is 18.5 Å². The quantitative estimate of drug-likeness (QED) is 0.894. The highest BCUT2D eigenvalue weighted by Crippen LogP contribution is 2.20. The molecule has 2 N–H and O–H groups in total. The van der Waals surface area contributed by atoms with Crippen molar-refractivity contribution >= 4 is 28.8 Å². The Morgan fingerprint density at radius 2 is 2.17 bits per heavy atom. The summed E-state index contributed by atoms with van der Waals surface area (Å²) in [4.78, 5) is 26.0. The molecule has 0 atom stereocenters. The zero-order valence-electron chi connectivity index (χ0n) is 13.6. The van der Waals surface area contributed by atoms with Gasteiger partial charge in [-0.2, -0.15) is 4.98 Å². The Bertz CT molecular complexity index is 865. The largest absolute Gasteiger partial charge is 0.372 e. The van der Waals surface area contributed by atoms with Gasteiger partial charge in [-0.3, -0.25) is 14.4 Å². The lowest BCUT2D eigenvalue weighted by atomic mass is 10.1. The SMILES string of the molecule is CCNc1nc(C)c2cc(C3=CNCN=C3)c(=O)n(CC)c2n1.